The molecule has 1 aromatic rings. The van der Waals surface area contributed by atoms with Crippen molar-refractivity contribution in [1.29, 1.82) is 0 Å². The molecule has 2 rings (SSSR count). The lowest BCUT2D eigenvalue weighted by molar-refractivity contribution is -0.0164. The summed E-state index contributed by atoms with van der Waals surface area (Å²) < 4.78 is 10.6. The number of fused-ring (bicyclic) bond motifs is 1. The number of nitrogens with one attached hydrogen (secondary N) is 1. The van der Waals surface area contributed by atoms with Crippen LogP contribution in [0.2, 0.25) is 5.02 Å². The molecule has 0 spiro atoms. The van der Waals surface area contributed by atoms with Gasteiger partial charge in [-0.3, -0.25) is 5.43 Å². The van der Waals surface area contributed by atoms with Gasteiger partial charge < -0.3 is 15.2 Å². The summed E-state index contributed by atoms with van der Waals surface area (Å²) in [5.74, 6) is 0.717. The molecule has 5 nitrogen and oxygen atoms in total. The number of hydrazone groups is 1. The van der Waals surface area contributed by atoms with Crippen molar-refractivity contribution < 1.29 is 9.47 Å². The predicted molar refractivity (Wildman–Crippen MR) is 69.3 cm³/mol. The van der Waals surface area contributed by atoms with E-state index >= 15 is 0 Å². The quantitative estimate of drug-likeness (QED) is 0.483. The van der Waals surface area contributed by atoms with E-state index < -0.39 is 0 Å². The number of halogens is 1. The maximum Gasteiger partial charge on any atom is 0.189 e. The van der Waals surface area contributed by atoms with E-state index in [1.807, 2.05) is 0 Å². The van der Waals surface area contributed by atoms with Crippen LogP contribution >= 0.6 is 23.8 Å². The second kappa shape index (κ2) is 5.31. The second-order valence-electron chi connectivity index (χ2n) is 3.33. The summed E-state index contributed by atoms with van der Waals surface area (Å²) in [7, 11) is 0. The SMILES string of the molecule is NC(=S)NN=Cc1cc(Cl)cc2c1OCOC2. The Hall–Kier alpha value is -1.37. The van der Waals surface area contributed by atoms with Gasteiger partial charge in [0.2, 0.25) is 0 Å². The van der Waals surface area contributed by atoms with Gasteiger partial charge >= 0.3 is 0 Å². The van der Waals surface area contributed by atoms with Crippen molar-refractivity contribution in [3.8, 4) is 5.75 Å². The first-order valence-corrected chi connectivity index (χ1v) is 5.57. The van der Waals surface area contributed by atoms with E-state index in [0.29, 0.717) is 17.4 Å². The Morgan fingerprint density at radius 2 is 2.41 bits per heavy atom. The topological polar surface area (TPSA) is 68.9 Å². The molecule has 0 saturated carbocycles. The summed E-state index contributed by atoms with van der Waals surface area (Å²) >= 11 is 10.6. The highest BCUT2D eigenvalue weighted by atomic mass is 35.5. The highest BCUT2D eigenvalue weighted by Gasteiger charge is 2.15. The first kappa shape index (κ1) is 12.1. The van der Waals surface area contributed by atoms with Crippen LogP contribution in [0.3, 0.4) is 0 Å². The Bertz CT molecular complexity index is 479. The summed E-state index contributed by atoms with van der Waals surface area (Å²) in [5.41, 5.74) is 9.36. The van der Waals surface area contributed by atoms with Crippen molar-refractivity contribution in [3.63, 3.8) is 0 Å². The third-order valence-electron chi connectivity index (χ3n) is 2.08. The standard InChI is InChI=1S/C10H10ClN3O2S/c11-8-1-6(3-13-14-10(12)17)9-7(2-8)4-15-5-16-9/h1-3H,4-5H2,(H3,12,14,17). The first-order chi connectivity index (χ1) is 8.16. The van der Waals surface area contributed by atoms with E-state index in [2.05, 4.69) is 22.7 Å². The molecule has 1 aromatic carbocycles. The molecular weight excluding hydrogens is 262 g/mol. The smallest absolute Gasteiger partial charge is 0.189 e. The Morgan fingerprint density at radius 3 is 3.18 bits per heavy atom. The van der Waals surface area contributed by atoms with Crippen LogP contribution in [-0.4, -0.2) is 18.1 Å². The van der Waals surface area contributed by atoms with Crippen LogP contribution in [0.1, 0.15) is 11.1 Å². The molecule has 3 N–H and O–H groups in total. The van der Waals surface area contributed by atoms with Gasteiger partial charge in [-0.25, -0.2) is 0 Å². The zero-order valence-electron chi connectivity index (χ0n) is 8.77. The molecule has 17 heavy (non-hydrogen) atoms. The molecule has 0 unspecified atom stereocenters. The Labute approximate surface area is 109 Å². The van der Waals surface area contributed by atoms with Gasteiger partial charge in [0.05, 0.1) is 12.8 Å². The maximum atomic E-state index is 5.98. The number of nitrogens with two attached hydrogens (primary N) is 1. The van der Waals surface area contributed by atoms with Crippen LogP contribution in [0.4, 0.5) is 0 Å². The van der Waals surface area contributed by atoms with Crippen LogP contribution in [-0.2, 0) is 11.3 Å². The third kappa shape index (κ3) is 3.06. The van der Waals surface area contributed by atoms with Gasteiger partial charge in [0.15, 0.2) is 11.9 Å². The van der Waals surface area contributed by atoms with Crippen molar-refractivity contribution >= 4 is 35.1 Å². The average molecular weight is 272 g/mol. The molecule has 0 bridgehead atoms. The number of ether oxygens (including phenoxy) is 2. The second-order valence-corrected chi connectivity index (χ2v) is 4.20. The number of rotatable bonds is 2. The number of nitrogens with zero attached hydrogens (tertiary/aromatic N) is 1. The molecule has 0 atom stereocenters. The average Bonchev–Trinajstić information content (AvgIpc) is 2.28. The lowest BCUT2D eigenvalue weighted by atomic mass is 10.1. The van der Waals surface area contributed by atoms with Gasteiger partial charge in [0.1, 0.15) is 5.75 Å². The summed E-state index contributed by atoms with van der Waals surface area (Å²) in [6.07, 6.45) is 1.55. The maximum absolute atomic E-state index is 5.98. The van der Waals surface area contributed by atoms with Crippen molar-refractivity contribution in [3.05, 3.63) is 28.3 Å². The van der Waals surface area contributed by atoms with Gasteiger partial charge in [0, 0.05) is 16.1 Å². The Morgan fingerprint density at radius 1 is 1.59 bits per heavy atom. The third-order valence-corrected chi connectivity index (χ3v) is 2.39. The lowest BCUT2D eigenvalue weighted by Crippen LogP contribution is -2.24. The minimum Gasteiger partial charge on any atom is -0.466 e. The predicted octanol–water partition coefficient (Wildman–Crippen LogP) is 1.37. The Balaban J connectivity index is 2.29. The summed E-state index contributed by atoms with van der Waals surface area (Å²) in [5, 5.41) is 4.56. The van der Waals surface area contributed by atoms with E-state index in [1.54, 1.807) is 18.3 Å². The van der Waals surface area contributed by atoms with E-state index in [1.165, 1.54) is 0 Å². The summed E-state index contributed by atoms with van der Waals surface area (Å²) in [6.45, 7) is 0.692. The van der Waals surface area contributed by atoms with Crippen LogP contribution in [0, 0.1) is 0 Å². The van der Waals surface area contributed by atoms with E-state index in [-0.39, 0.29) is 11.9 Å². The monoisotopic (exact) mass is 271 g/mol. The minimum atomic E-state index is 0.0985. The molecule has 0 saturated heterocycles. The van der Waals surface area contributed by atoms with Crippen molar-refractivity contribution in [2.75, 3.05) is 6.79 Å². The molecule has 90 valence electrons. The molecule has 1 heterocycles. The molecule has 0 fully saturated rings. The fraction of sp³-hybridized carbons (Fsp3) is 0.200. The molecule has 0 amide bonds. The number of thiocarbonyl (C=S) groups is 1. The van der Waals surface area contributed by atoms with Gasteiger partial charge in [-0.05, 0) is 24.4 Å². The molecule has 7 heteroatoms. The molecule has 1 aliphatic rings. The highest BCUT2D eigenvalue weighted by Crippen LogP contribution is 2.30. The summed E-state index contributed by atoms with van der Waals surface area (Å²) in [6, 6.07) is 3.55. The van der Waals surface area contributed by atoms with Crippen LogP contribution < -0.4 is 15.9 Å². The van der Waals surface area contributed by atoms with Gasteiger partial charge in [-0.15, -0.1) is 0 Å². The molecule has 0 aliphatic carbocycles. The highest BCUT2D eigenvalue weighted by molar-refractivity contribution is 7.80. The van der Waals surface area contributed by atoms with Gasteiger partial charge in [-0.1, -0.05) is 11.6 Å². The molecule has 1 aliphatic heterocycles. The normalized spacial score (nSPS) is 14.2. The van der Waals surface area contributed by atoms with E-state index in [9.17, 15) is 0 Å². The molecule has 0 aromatic heterocycles. The Kier molecular flexibility index (Phi) is 3.78. The molecular formula is C10H10ClN3O2S. The van der Waals surface area contributed by atoms with Crippen LogP contribution in [0.15, 0.2) is 17.2 Å². The summed E-state index contributed by atoms with van der Waals surface area (Å²) in [4.78, 5) is 0. The van der Waals surface area contributed by atoms with Crippen LogP contribution in [0.5, 0.6) is 5.75 Å². The van der Waals surface area contributed by atoms with E-state index in [0.717, 1.165) is 11.1 Å². The zero-order valence-corrected chi connectivity index (χ0v) is 10.3. The molecule has 0 radical (unpaired) electrons. The van der Waals surface area contributed by atoms with Gasteiger partial charge in [-0.2, -0.15) is 5.10 Å². The van der Waals surface area contributed by atoms with E-state index in [4.69, 9.17) is 26.8 Å². The fourth-order valence-electron chi connectivity index (χ4n) is 1.47. The zero-order chi connectivity index (χ0) is 12.3. The number of benzene rings is 1. The largest absolute Gasteiger partial charge is 0.466 e. The van der Waals surface area contributed by atoms with Crippen molar-refractivity contribution in [1.82, 2.24) is 5.43 Å². The number of hydrogen-bond acceptors (Lipinski definition) is 4. The lowest BCUT2D eigenvalue weighted by Gasteiger charge is -2.19. The number of hydrogen-bond donors (Lipinski definition) is 2. The van der Waals surface area contributed by atoms with Crippen molar-refractivity contribution in [2.24, 2.45) is 10.8 Å². The first-order valence-electron chi connectivity index (χ1n) is 4.78. The van der Waals surface area contributed by atoms with Gasteiger partial charge in [0.25, 0.3) is 0 Å². The van der Waals surface area contributed by atoms with Crippen LogP contribution in [0.25, 0.3) is 0 Å². The fourth-order valence-corrected chi connectivity index (χ4v) is 1.77. The van der Waals surface area contributed by atoms with Crippen molar-refractivity contribution in [2.45, 2.75) is 6.61 Å². The minimum absolute atomic E-state index is 0.0985.